The fourth-order valence-electron chi connectivity index (χ4n) is 3.94. The molecule has 3 rings (SSSR count). The van der Waals surface area contributed by atoms with Crippen molar-refractivity contribution >= 4 is 11.8 Å². The van der Waals surface area contributed by atoms with E-state index in [-0.39, 0.29) is 11.8 Å². The Labute approximate surface area is 151 Å². The van der Waals surface area contributed by atoms with Crippen LogP contribution in [0.1, 0.15) is 60.0 Å². The molecule has 0 aromatic heterocycles. The van der Waals surface area contributed by atoms with E-state index < -0.39 is 0 Å². The molecule has 25 heavy (non-hydrogen) atoms. The first-order chi connectivity index (χ1) is 12.1. The third kappa shape index (κ3) is 4.23. The van der Waals surface area contributed by atoms with Gasteiger partial charge in [0.05, 0.1) is 0 Å². The summed E-state index contributed by atoms with van der Waals surface area (Å²) in [5.74, 6) is 0.519. The van der Waals surface area contributed by atoms with Gasteiger partial charge in [0.25, 0.3) is 5.91 Å². The van der Waals surface area contributed by atoms with Crippen molar-refractivity contribution in [3.05, 3.63) is 34.9 Å². The summed E-state index contributed by atoms with van der Waals surface area (Å²) in [5, 5.41) is 0. The van der Waals surface area contributed by atoms with Crippen LogP contribution in [0.5, 0.6) is 0 Å². The molecule has 4 nitrogen and oxygen atoms in total. The molecule has 0 saturated carbocycles. The largest absolute Gasteiger partial charge is 0.342 e. The predicted octanol–water partition coefficient (Wildman–Crippen LogP) is 3.56. The van der Waals surface area contributed by atoms with Crippen LogP contribution in [0.25, 0.3) is 0 Å². The van der Waals surface area contributed by atoms with Crippen LogP contribution in [0.4, 0.5) is 0 Å². The van der Waals surface area contributed by atoms with Crippen LogP contribution in [0.15, 0.2) is 18.2 Å². The molecule has 1 aromatic carbocycles. The van der Waals surface area contributed by atoms with E-state index in [0.717, 1.165) is 49.9 Å². The zero-order chi connectivity index (χ0) is 17.8. The summed E-state index contributed by atoms with van der Waals surface area (Å²) in [6.45, 7) is 7.31. The molecule has 0 spiro atoms. The molecule has 0 atom stereocenters. The number of amides is 2. The van der Waals surface area contributed by atoms with E-state index in [2.05, 4.69) is 11.8 Å². The molecule has 2 amide bonds. The first-order valence-electron chi connectivity index (χ1n) is 9.71. The van der Waals surface area contributed by atoms with Crippen molar-refractivity contribution in [1.82, 2.24) is 9.80 Å². The maximum Gasteiger partial charge on any atom is 0.253 e. The Morgan fingerprint density at radius 2 is 1.48 bits per heavy atom. The molecular formula is C21H30N2O2. The number of benzene rings is 1. The van der Waals surface area contributed by atoms with E-state index in [9.17, 15) is 9.59 Å². The van der Waals surface area contributed by atoms with Crippen LogP contribution in [-0.4, -0.2) is 47.8 Å². The second-order valence-corrected chi connectivity index (χ2v) is 7.61. The highest BCUT2D eigenvalue weighted by molar-refractivity contribution is 5.94. The highest BCUT2D eigenvalue weighted by atomic mass is 16.2. The first kappa shape index (κ1) is 18.0. The number of hydrogen-bond acceptors (Lipinski definition) is 2. The number of carbonyl (C=O) groups excluding carboxylic acids is 2. The Morgan fingerprint density at radius 3 is 2.08 bits per heavy atom. The minimum Gasteiger partial charge on any atom is -0.342 e. The number of rotatable bonds is 2. The van der Waals surface area contributed by atoms with Crippen LogP contribution >= 0.6 is 0 Å². The average molecular weight is 342 g/mol. The maximum atomic E-state index is 12.8. The van der Waals surface area contributed by atoms with Gasteiger partial charge in [-0.25, -0.2) is 0 Å². The lowest BCUT2D eigenvalue weighted by Gasteiger charge is -2.34. The smallest absolute Gasteiger partial charge is 0.253 e. The quantitative estimate of drug-likeness (QED) is 0.824. The summed E-state index contributed by atoms with van der Waals surface area (Å²) in [6.07, 6.45) is 6.35. The minimum atomic E-state index is 0.0990. The molecule has 2 aliphatic rings. The molecule has 2 fully saturated rings. The van der Waals surface area contributed by atoms with E-state index >= 15 is 0 Å². The van der Waals surface area contributed by atoms with E-state index in [1.165, 1.54) is 18.4 Å². The molecule has 0 N–H and O–H groups in total. The van der Waals surface area contributed by atoms with Crippen LogP contribution < -0.4 is 0 Å². The van der Waals surface area contributed by atoms with Gasteiger partial charge in [0.1, 0.15) is 0 Å². The van der Waals surface area contributed by atoms with Gasteiger partial charge in [-0.3, -0.25) is 9.59 Å². The van der Waals surface area contributed by atoms with Crippen LogP contribution in [-0.2, 0) is 4.79 Å². The van der Waals surface area contributed by atoms with Gasteiger partial charge in [-0.2, -0.15) is 0 Å². The Morgan fingerprint density at radius 1 is 0.840 bits per heavy atom. The van der Waals surface area contributed by atoms with Gasteiger partial charge in [-0.05, 0) is 62.8 Å². The fraction of sp³-hybridized carbons (Fsp3) is 0.619. The lowest BCUT2D eigenvalue weighted by molar-refractivity contribution is -0.136. The molecule has 4 heteroatoms. The zero-order valence-electron chi connectivity index (χ0n) is 15.6. The number of likely N-dealkylation sites (tertiary alicyclic amines) is 2. The Hall–Kier alpha value is -1.84. The second-order valence-electron chi connectivity index (χ2n) is 7.61. The van der Waals surface area contributed by atoms with E-state index in [1.807, 2.05) is 30.0 Å². The summed E-state index contributed by atoms with van der Waals surface area (Å²) < 4.78 is 0. The Balaban J connectivity index is 1.56. The molecule has 2 aliphatic heterocycles. The van der Waals surface area contributed by atoms with Crippen molar-refractivity contribution in [2.45, 2.75) is 52.4 Å². The van der Waals surface area contributed by atoms with Gasteiger partial charge in [0.15, 0.2) is 0 Å². The molecule has 2 saturated heterocycles. The summed E-state index contributed by atoms with van der Waals surface area (Å²) in [5.41, 5.74) is 3.12. The standard InChI is InChI=1S/C21H30N2O2/c1-16-7-8-19(15-17(16)2)21(25)23-13-9-18(10-14-23)20(24)22-11-5-3-4-6-12-22/h7-8,15,18H,3-6,9-14H2,1-2H3. The number of carbonyl (C=O) groups is 2. The maximum absolute atomic E-state index is 12.8. The minimum absolute atomic E-state index is 0.0990. The van der Waals surface area contributed by atoms with E-state index in [4.69, 9.17) is 0 Å². The van der Waals surface area contributed by atoms with Gasteiger partial charge < -0.3 is 9.80 Å². The van der Waals surface area contributed by atoms with E-state index in [0.29, 0.717) is 19.0 Å². The van der Waals surface area contributed by atoms with Crippen LogP contribution in [0.3, 0.4) is 0 Å². The number of hydrogen-bond donors (Lipinski definition) is 0. The number of nitrogens with zero attached hydrogens (tertiary/aromatic N) is 2. The number of piperidine rings is 1. The topological polar surface area (TPSA) is 40.6 Å². The van der Waals surface area contributed by atoms with Crippen LogP contribution in [0.2, 0.25) is 0 Å². The summed E-state index contributed by atoms with van der Waals surface area (Å²) >= 11 is 0. The van der Waals surface area contributed by atoms with Gasteiger partial charge in [-0.15, -0.1) is 0 Å². The zero-order valence-corrected chi connectivity index (χ0v) is 15.6. The second kappa shape index (κ2) is 8.03. The van der Waals surface area contributed by atoms with E-state index in [1.54, 1.807) is 0 Å². The van der Waals surface area contributed by atoms with Crippen molar-refractivity contribution in [2.75, 3.05) is 26.2 Å². The van der Waals surface area contributed by atoms with Gasteiger partial charge >= 0.3 is 0 Å². The van der Waals surface area contributed by atoms with Crippen molar-refractivity contribution in [3.63, 3.8) is 0 Å². The summed E-state index contributed by atoms with van der Waals surface area (Å²) in [7, 11) is 0. The molecule has 0 aliphatic carbocycles. The Kier molecular flexibility index (Phi) is 5.77. The third-order valence-corrected chi connectivity index (χ3v) is 5.80. The van der Waals surface area contributed by atoms with Crippen LogP contribution in [0, 0.1) is 19.8 Å². The third-order valence-electron chi connectivity index (χ3n) is 5.80. The Bertz CT molecular complexity index is 625. The monoisotopic (exact) mass is 342 g/mol. The normalized spacial score (nSPS) is 19.6. The fourth-order valence-corrected chi connectivity index (χ4v) is 3.94. The van der Waals surface area contributed by atoms with Gasteiger partial charge in [0, 0.05) is 37.7 Å². The van der Waals surface area contributed by atoms with Crippen molar-refractivity contribution in [3.8, 4) is 0 Å². The predicted molar refractivity (Wildman–Crippen MR) is 99.6 cm³/mol. The van der Waals surface area contributed by atoms with Crippen molar-refractivity contribution in [2.24, 2.45) is 5.92 Å². The summed E-state index contributed by atoms with van der Waals surface area (Å²) in [4.78, 5) is 29.5. The average Bonchev–Trinajstić information content (AvgIpc) is 2.92. The highest BCUT2D eigenvalue weighted by Gasteiger charge is 2.30. The lowest BCUT2D eigenvalue weighted by atomic mass is 9.94. The molecule has 1 aromatic rings. The summed E-state index contributed by atoms with van der Waals surface area (Å²) in [6, 6.07) is 5.91. The molecule has 0 bridgehead atoms. The van der Waals surface area contributed by atoms with Gasteiger partial charge in [-0.1, -0.05) is 18.9 Å². The molecule has 136 valence electrons. The van der Waals surface area contributed by atoms with Crippen molar-refractivity contribution in [1.29, 1.82) is 0 Å². The first-order valence-corrected chi connectivity index (χ1v) is 9.71. The SMILES string of the molecule is Cc1ccc(C(=O)N2CCC(C(=O)N3CCCCCC3)CC2)cc1C. The molecular weight excluding hydrogens is 312 g/mol. The molecule has 0 radical (unpaired) electrons. The highest BCUT2D eigenvalue weighted by Crippen LogP contribution is 2.23. The van der Waals surface area contributed by atoms with Gasteiger partial charge in [0.2, 0.25) is 5.91 Å². The molecule has 0 unspecified atom stereocenters. The number of aryl methyl sites for hydroxylation is 2. The molecule has 2 heterocycles. The van der Waals surface area contributed by atoms with Crippen molar-refractivity contribution < 1.29 is 9.59 Å². The lowest BCUT2D eigenvalue weighted by Crippen LogP contribution is -2.44.